The third-order valence-electron chi connectivity index (χ3n) is 3.05. The zero-order valence-corrected chi connectivity index (χ0v) is 10.3. The monoisotopic (exact) mass is 255 g/mol. The van der Waals surface area contributed by atoms with Gasteiger partial charge >= 0.3 is 5.97 Å². The predicted octanol–water partition coefficient (Wildman–Crippen LogP) is 2.14. The molecule has 0 spiro atoms. The van der Waals surface area contributed by atoms with Gasteiger partial charge in [0.25, 0.3) is 0 Å². The number of carbonyl (C=O) groups is 1. The van der Waals surface area contributed by atoms with Crippen LogP contribution in [0.3, 0.4) is 0 Å². The number of aromatic nitrogens is 3. The smallest absolute Gasteiger partial charge is 0.338 e. The number of nitrogens with zero attached hydrogens (tertiary/aromatic N) is 3. The van der Waals surface area contributed by atoms with Crippen molar-refractivity contribution in [2.45, 2.75) is 18.9 Å². The van der Waals surface area contributed by atoms with Gasteiger partial charge in [-0.05, 0) is 43.2 Å². The van der Waals surface area contributed by atoms with Gasteiger partial charge in [-0.3, -0.25) is 4.57 Å². The van der Waals surface area contributed by atoms with Gasteiger partial charge < -0.3 is 4.74 Å². The van der Waals surface area contributed by atoms with Crippen LogP contribution in [0.15, 0.2) is 49.1 Å². The van der Waals surface area contributed by atoms with E-state index in [1.807, 2.05) is 24.3 Å². The lowest BCUT2D eigenvalue weighted by atomic mass is 10.2. The van der Waals surface area contributed by atoms with Gasteiger partial charge in [0.05, 0.1) is 5.56 Å². The van der Waals surface area contributed by atoms with Crippen molar-refractivity contribution in [3.8, 4) is 5.69 Å². The highest BCUT2D eigenvalue weighted by molar-refractivity contribution is 5.89. The number of hydrogen-bond donors (Lipinski definition) is 0. The number of benzene rings is 1. The number of allylic oxidation sites excluding steroid dienone is 1. The summed E-state index contributed by atoms with van der Waals surface area (Å²) >= 11 is 0. The second-order valence-electron chi connectivity index (χ2n) is 4.37. The highest BCUT2D eigenvalue weighted by atomic mass is 16.5. The normalized spacial score (nSPS) is 17.6. The molecule has 0 N–H and O–H groups in total. The summed E-state index contributed by atoms with van der Waals surface area (Å²) in [5.74, 6) is -0.285. The van der Waals surface area contributed by atoms with E-state index in [1.165, 1.54) is 0 Å². The Balaban J connectivity index is 1.71. The first-order valence-corrected chi connectivity index (χ1v) is 6.15. The fourth-order valence-corrected chi connectivity index (χ4v) is 2.01. The summed E-state index contributed by atoms with van der Waals surface area (Å²) in [5.41, 5.74) is 1.46. The first-order valence-electron chi connectivity index (χ1n) is 6.15. The molecule has 1 aromatic heterocycles. The Morgan fingerprint density at radius 3 is 2.58 bits per heavy atom. The Labute approximate surface area is 110 Å². The number of esters is 1. The highest BCUT2D eigenvalue weighted by Crippen LogP contribution is 2.16. The number of rotatable bonds is 3. The van der Waals surface area contributed by atoms with Crippen LogP contribution in [0.1, 0.15) is 23.2 Å². The molecule has 96 valence electrons. The lowest BCUT2D eigenvalue weighted by Gasteiger charge is -2.10. The van der Waals surface area contributed by atoms with Crippen molar-refractivity contribution in [3.63, 3.8) is 0 Å². The van der Waals surface area contributed by atoms with Crippen molar-refractivity contribution in [1.82, 2.24) is 14.8 Å². The molecule has 1 aliphatic rings. The maximum absolute atomic E-state index is 11.9. The van der Waals surface area contributed by atoms with E-state index in [4.69, 9.17) is 4.74 Å². The van der Waals surface area contributed by atoms with E-state index in [-0.39, 0.29) is 12.1 Å². The van der Waals surface area contributed by atoms with E-state index in [1.54, 1.807) is 29.4 Å². The van der Waals surface area contributed by atoms with Gasteiger partial charge in [0.15, 0.2) is 0 Å². The molecule has 3 rings (SSSR count). The molecule has 0 aliphatic heterocycles. The van der Waals surface area contributed by atoms with Crippen LogP contribution in [0.4, 0.5) is 0 Å². The Morgan fingerprint density at radius 2 is 1.95 bits per heavy atom. The molecule has 0 bridgehead atoms. The van der Waals surface area contributed by atoms with E-state index in [2.05, 4.69) is 10.2 Å². The van der Waals surface area contributed by atoms with Gasteiger partial charge in [0, 0.05) is 5.69 Å². The van der Waals surface area contributed by atoms with Crippen molar-refractivity contribution in [2.75, 3.05) is 0 Å². The van der Waals surface area contributed by atoms with Crippen LogP contribution in [0, 0.1) is 0 Å². The SMILES string of the molecule is O=C(O[C@@H]1C=CCC1)c1ccc(-n2cnnc2)cc1. The molecule has 1 heterocycles. The van der Waals surface area contributed by atoms with Crippen LogP contribution < -0.4 is 0 Å². The zero-order valence-electron chi connectivity index (χ0n) is 10.3. The second kappa shape index (κ2) is 5.06. The second-order valence-corrected chi connectivity index (χ2v) is 4.37. The molecule has 19 heavy (non-hydrogen) atoms. The van der Waals surface area contributed by atoms with Gasteiger partial charge in [-0.2, -0.15) is 0 Å². The fourth-order valence-electron chi connectivity index (χ4n) is 2.01. The minimum absolute atomic E-state index is 0.0787. The highest BCUT2D eigenvalue weighted by Gasteiger charge is 2.15. The van der Waals surface area contributed by atoms with E-state index in [0.717, 1.165) is 18.5 Å². The molecule has 1 atom stereocenters. The first kappa shape index (κ1) is 11.6. The van der Waals surface area contributed by atoms with Gasteiger partial charge in [0.2, 0.25) is 0 Å². The van der Waals surface area contributed by atoms with Crippen molar-refractivity contribution in [1.29, 1.82) is 0 Å². The molecule has 0 saturated heterocycles. The van der Waals surface area contributed by atoms with Crippen LogP contribution in [0.5, 0.6) is 0 Å². The maximum Gasteiger partial charge on any atom is 0.338 e. The van der Waals surface area contributed by atoms with Crippen LogP contribution in [0.25, 0.3) is 5.69 Å². The number of ether oxygens (including phenoxy) is 1. The Morgan fingerprint density at radius 1 is 1.21 bits per heavy atom. The summed E-state index contributed by atoms with van der Waals surface area (Å²) in [5, 5.41) is 7.48. The standard InChI is InChI=1S/C14H13N3O2/c18-14(19-13-3-1-2-4-13)11-5-7-12(8-6-11)17-9-15-16-10-17/h1,3,5-10,13H,2,4H2/t13-/m1/s1. The molecule has 0 amide bonds. The predicted molar refractivity (Wildman–Crippen MR) is 68.9 cm³/mol. The molecule has 1 aromatic carbocycles. The topological polar surface area (TPSA) is 57.0 Å². The maximum atomic E-state index is 11.9. The van der Waals surface area contributed by atoms with Gasteiger partial charge in [-0.15, -0.1) is 10.2 Å². The summed E-state index contributed by atoms with van der Waals surface area (Å²) in [6.07, 6.45) is 8.96. The Kier molecular flexibility index (Phi) is 3.10. The molecular formula is C14H13N3O2. The lowest BCUT2D eigenvalue weighted by Crippen LogP contribution is -2.13. The Bertz CT molecular complexity index is 588. The molecule has 0 saturated carbocycles. The summed E-state index contributed by atoms with van der Waals surface area (Å²) in [6, 6.07) is 7.17. The molecule has 0 unspecified atom stereocenters. The van der Waals surface area contributed by atoms with Gasteiger partial charge in [0.1, 0.15) is 18.8 Å². The molecule has 0 radical (unpaired) electrons. The summed E-state index contributed by atoms with van der Waals surface area (Å²) in [4.78, 5) is 11.9. The van der Waals surface area contributed by atoms with Crippen LogP contribution in [-0.2, 0) is 4.74 Å². The molecule has 5 nitrogen and oxygen atoms in total. The van der Waals surface area contributed by atoms with E-state index in [0.29, 0.717) is 5.56 Å². The molecule has 1 aliphatic carbocycles. The van der Waals surface area contributed by atoms with Crippen LogP contribution >= 0.6 is 0 Å². The van der Waals surface area contributed by atoms with Crippen molar-refractivity contribution in [3.05, 3.63) is 54.6 Å². The number of hydrogen-bond acceptors (Lipinski definition) is 4. The minimum Gasteiger partial charge on any atom is -0.455 e. The van der Waals surface area contributed by atoms with Gasteiger partial charge in [-0.25, -0.2) is 4.79 Å². The summed E-state index contributed by atoms with van der Waals surface area (Å²) in [7, 11) is 0. The third-order valence-corrected chi connectivity index (χ3v) is 3.05. The average molecular weight is 255 g/mol. The van der Waals surface area contributed by atoms with E-state index >= 15 is 0 Å². The van der Waals surface area contributed by atoms with Crippen LogP contribution in [0.2, 0.25) is 0 Å². The van der Waals surface area contributed by atoms with Crippen molar-refractivity contribution < 1.29 is 9.53 Å². The summed E-state index contributed by atoms with van der Waals surface area (Å²) < 4.78 is 7.14. The summed E-state index contributed by atoms with van der Waals surface area (Å²) in [6.45, 7) is 0. The van der Waals surface area contributed by atoms with E-state index < -0.39 is 0 Å². The van der Waals surface area contributed by atoms with E-state index in [9.17, 15) is 4.79 Å². The van der Waals surface area contributed by atoms with Crippen molar-refractivity contribution in [2.24, 2.45) is 0 Å². The van der Waals surface area contributed by atoms with Crippen molar-refractivity contribution >= 4 is 5.97 Å². The largest absolute Gasteiger partial charge is 0.455 e. The quantitative estimate of drug-likeness (QED) is 0.623. The molecule has 2 aromatic rings. The third kappa shape index (κ3) is 2.54. The Hall–Kier alpha value is -2.43. The number of carbonyl (C=O) groups excluding carboxylic acids is 1. The average Bonchev–Trinajstić information content (AvgIpc) is 3.12. The van der Waals surface area contributed by atoms with Crippen LogP contribution in [-0.4, -0.2) is 26.8 Å². The molecule has 0 fully saturated rings. The fraction of sp³-hybridized carbons (Fsp3) is 0.214. The van der Waals surface area contributed by atoms with Gasteiger partial charge in [-0.1, -0.05) is 6.08 Å². The minimum atomic E-state index is -0.285. The lowest BCUT2D eigenvalue weighted by molar-refractivity contribution is 0.0395. The first-order chi connectivity index (χ1) is 9.33. The molecular weight excluding hydrogens is 242 g/mol. The zero-order chi connectivity index (χ0) is 13.1. The molecule has 5 heteroatoms.